The van der Waals surface area contributed by atoms with E-state index in [2.05, 4.69) is 29.5 Å². The van der Waals surface area contributed by atoms with Crippen molar-refractivity contribution < 1.29 is 9.59 Å². The molecule has 0 bridgehead atoms. The van der Waals surface area contributed by atoms with Gasteiger partial charge in [-0.2, -0.15) is 0 Å². The third-order valence-electron chi connectivity index (χ3n) is 5.52. The van der Waals surface area contributed by atoms with Crippen molar-refractivity contribution in [3.05, 3.63) is 82.8 Å². The van der Waals surface area contributed by atoms with Crippen molar-refractivity contribution in [1.82, 2.24) is 10.3 Å². The Balaban J connectivity index is 1.80. The lowest BCUT2D eigenvalue weighted by Gasteiger charge is -2.39. The molecule has 29 heavy (non-hydrogen) atoms. The summed E-state index contributed by atoms with van der Waals surface area (Å²) in [6.45, 7) is 6.12. The fourth-order valence-corrected chi connectivity index (χ4v) is 4.34. The number of ketones is 1. The lowest BCUT2D eigenvalue weighted by molar-refractivity contribution is -0.118. The maximum Gasteiger partial charge on any atom is 0.255 e. The zero-order chi connectivity index (χ0) is 20.6. The Morgan fingerprint density at radius 1 is 1.10 bits per heavy atom. The van der Waals surface area contributed by atoms with Crippen LogP contribution in [0.25, 0.3) is 0 Å². The highest BCUT2D eigenvalue weighted by molar-refractivity contribution is 6.09. The van der Waals surface area contributed by atoms with Crippen LogP contribution in [-0.2, 0) is 9.59 Å². The number of dihydropyridines is 1. The number of Topliss-reactive ketones (excluding diaryl/α,β-unsaturated/α-hetero) is 1. The topological polar surface area (TPSA) is 71.1 Å². The minimum atomic E-state index is -0.389. The van der Waals surface area contributed by atoms with Crippen LogP contribution in [0.15, 0.2) is 77.3 Å². The van der Waals surface area contributed by atoms with Crippen LogP contribution in [0.1, 0.15) is 45.1 Å². The molecule has 0 saturated carbocycles. The molecule has 1 aliphatic heterocycles. The quantitative estimate of drug-likeness (QED) is 0.823. The van der Waals surface area contributed by atoms with Crippen molar-refractivity contribution in [1.29, 1.82) is 0 Å². The number of amides is 1. The van der Waals surface area contributed by atoms with Gasteiger partial charge in [0.1, 0.15) is 5.82 Å². The van der Waals surface area contributed by atoms with Crippen molar-refractivity contribution in [3.8, 4) is 0 Å². The molecule has 1 aliphatic carbocycles. The maximum atomic E-state index is 13.3. The highest BCUT2D eigenvalue weighted by Gasteiger charge is 2.42. The predicted molar refractivity (Wildman–Crippen MR) is 113 cm³/mol. The lowest BCUT2D eigenvalue weighted by Crippen LogP contribution is -2.39. The molecular formula is C24H25N3O2. The molecule has 0 fully saturated rings. The third kappa shape index (κ3) is 3.73. The van der Waals surface area contributed by atoms with Crippen LogP contribution >= 0.6 is 0 Å². The van der Waals surface area contributed by atoms with Gasteiger partial charge in [-0.3, -0.25) is 9.59 Å². The Hall–Kier alpha value is -3.21. The Bertz CT molecular complexity index is 1020. The average molecular weight is 387 g/mol. The number of aromatic nitrogens is 1. The molecule has 5 nitrogen and oxygen atoms in total. The molecule has 2 heterocycles. The number of pyridine rings is 1. The zero-order valence-corrected chi connectivity index (χ0v) is 17.0. The van der Waals surface area contributed by atoms with Crippen molar-refractivity contribution in [2.45, 2.75) is 39.5 Å². The summed E-state index contributed by atoms with van der Waals surface area (Å²) in [6, 6.07) is 15.2. The Labute approximate surface area is 170 Å². The first-order valence-electron chi connectivity index (χ1n) is 9.87. The van der Waals surface area contributed by atoms with E-state index in [1.54, 1.807) is 18.3 Å². The van der Waals surface area contributed by atoms with Crippen molar-refractivity contribution in [3.63, 3.8) is 0 Å². The standard InChI is InChI=1S/C24H25N3O2/c1-15-20(23(29)27-19-11-7-8-12-25-19)21(16-9-5-4-6-10-16)22-17(26-15)13-24(2,3)14-18(22)28/h4-12,21,26H,13-14H2,1-3H3,(H,25,27,29)/t21-/m1/s1. The van der Waals surface area contributed by atoms with Crippen molar-refractivity contribution in [2.24, 2.45) is 5.41 Å². The van der Waals surface area contributed by atoms with Gasteiger partial charge < -0.3 is 10.6 Å². The summed E-state index contributed by atoms with van der Waals surface area (Å²) < 4.78 is 0. The van der Waals surface area contributed by atoms with E-state index in [9.17, 15) is 9.59 Å². The molecule has 0 radical (unpaired) electrons. The molecule has 0 saturated heterocycles. The van der Waals surface area contributed by atoms with Gasteiger partial charge in [0.2, 0.25) is 0 Å². The van der Waals surface area contributed by atoms with E-state index in [0.29, 0.717) is 23.4 Å². The van der Waals surface area contributed by atoms with Gasteiger partial charge in [0.15, 0.2) is 5.78 Å². The fourth-order valence-electron chi connectivity index (χ4n) is 4.34. The fraction of sp³-hybridized carbons (Fsp3) is 0.292. The van der Waals surface area contributed by atoms with E-state index in [0.717, 1.165) is 23.4 Å². The summed E-state index contributed by atoms with van der Waals surface area (Å²) in [7, 11) is 0. The molecule has 2 aliphatic rings. The Morgan fingerprint density at radius 3 is 2.52 bits per heavy atom. The van der Waals surface area contributed by atoms with Crippen LogP contribution in [0.4, 0.5) is 5.82 Å². The van der Waals surface area contributed by atoms with Gasteiger partial charge in [0, 0.05) is 41.1 Å². The number of nitrogens with zero attached hydrogens (tertiary/aromatic N) is 1. The summed E-state index contributed by atoms with van der Waals surface area (Å²) in [4.78, 5) is 30.7. The summed E-state index contributed by atoms with van der Waals surface area (Å²) in [5.41, 5.74) is 3.84. The SMILES string of the molecule is CC1=C(C(=O)Nc2ccccn2)[C@@H](c2ccccc2)C2=C(CC(C)(C)CC2=O)N1. The largest absolute Gasteiger partial charge is 0.362 e. The number of carbonyl (C=O) groups excluding carboxylic acids is 2. The second-order valence-corrected chi connectivity index (χ2v) is 8.51. The van der Waals surface area contributed by atoms with Crippen molar-refractivity contribution >= 4 is 17.5 Å². The van der Waals surface area contributed by atoms with E-state index in [1.807, 2.05) is 43.3 Å². The molecule has 2 aromatic rings. The first kappa shape index (κ1) is 19.1. The molecule has 1 aromatic heterocycles. The number of hydrogen-bond donors (Lipinski definition) is 2. The second kappa shape index (κ2) is 7.32. The summed E-state index contributed by atoms with van der Waals surface area (Å²) in [5, 5.41) is 6.26. The number of allylic oxidation sites excluding steroid dienone is 3. The normalized spacial score (nSPS) is 20.8. The van der Waals surface area contributed by atoms with E-state index in [-0.39, 0.29) is 23.0 Å². The molecule has 148 valence electrons. The lowest BCUT2D eigenvalue weighted by atomic mass is 9.68. The number of rotatable bonds is 3. The Kier molecular flexibility index (Phi) is 4.82. The number of hydrogen-bond acceptors (Lipinski definition) is 4. The second-order valence-electron chi connectivity index (χ2n) is 8.51. The van der Waals surface area contributed by atoms with Crippen LogP contribution < -0.4 is 10.6 Å². The van der Waals surface area contributed by atoms with E-state index < -0.39 is 0 Å². The molecule has 1 aromatic carbocycles. The molecule has 2 N–H and O–H groups in total. The monoisotopic (exact) mass is 387 g/mol. The van der Waals surface area contributed by atoms with Crippen LogP contribution in [0.3, 0.4) is 0 Å². The predicted octanol–water partition coefficient (Wildman–Crippen LogP) is 4.32. The van der Waals surface area contributed by atoms with Gasteiger partial charge >= 0.3 is 0 Å². The molecule has 4 rings (SSSR count). The molecule has 1 atom stereocenters. The molecule has 0 unspecified atom stereocenters. The minimum Gasteiger partial charge on any atom is -0.362 e. The van der Waals surface area contributed by atoms with Gasteiger partial charge in [0.05, 0.1) is 0 Å². The molecule has 1 amide bonds. The summed E-state index contributed by atoms with van der Waals surface area (Å²) in [5.74, 6) is -0.0415. The van der Waals surface area contributed by atoms with Gasteiger partial charge in [0.25, 0.3) is 5.91 Å². The van der Waals surface area contributed by atoms with Crippen LogP contribution in [-0.4, -0.2) is 16.7 Å². The van der Waals surface area contributed by atoms with Crippen LogP contribution in [0.2, 0.25) is 0 Å². The van der Waals surface area contributed by atoms with Crippen LogP contribution in [0.5, 0.6) is 0 Å². The maximum absolute atomic E-state index is 13.3. The third-order valence-corrected chi connectivity index (χ3v) is 5.52. The van der Waals surface area contributed by atoms with E-state index in [4.69, 9.17) is 0 Å². The average Bonchev–Trinajstić information content (AvgIpc) is 2.67. The number of anilines is 1. The van der Waals surface area contributed by atoms with E-state index in [1.165, 1.54) is 0 Å². The number of carbonyl (C=O) groups is 2. The highest BCUT2D eigenvalue weighted by atomic mass is 16.2. The van der Waals surface area contributed by atoms with E-state index >= 15 is 0 Å². The molecular weight excluding hydrogens is 362 g/mol. The van der Waals surface area contributed by atoms with Crippen LogP contribution in [0, 0.1) is 5.41 Å². The first-order valence-corrected chi connectivity index (χ1v) is 9.87. The Morgan fingerprint density at radius 2 is 1.83 bits per heavy atom. The van der Waals surface area contributed by atoms with Gasteiger partial charge in [-0.1, -0.05) is 50.2 Å². The minimum absolute atomic E-state index is 0.0991. The highest BCUT2D eigenvalue weighted by Crippen LogP contribution is 2.46. The van der Waals surface area contributed by atoms with Gasteiger partial charge in [-0.25, -0.2) is 4.98 Å². The van der Waals surface area contributed by atoms with Crippen molar-refractivity contribution in [2.75, 3.05) is 5.32 Å². The molecule has 0 spiro atoms. The zero-order valence-electron chi connectivity index (χ0n) is 17.0. The summed E-state index contributed by atoms with van der Waals surface area (Å²) >= 11 is 0. The number of nitrogens with one attached hydrogen (secondary N) is 2. The number of benzene rings is 1. The van der Waals surface area contributed by atoms with Gasteiger partial charge in [-0.15, -0.1) is 0 Å². The molecule has 5 heteroatoms. The first-order chi connectivity index (χ1) is 13.9. The smallest absolute Gasteiger partial charge is 0.255 e. The summed E-state index contributed by atoms with van der Waals surface area (Å²) in [6.07, 6.45) is 2.90. The van der Waals surface area contributed by atoms with Gasteiger partial charge in [-0.05, 0) is 36.5 Å².